The molecule has 4 rings (SSSR count). The van der Waals surface area contributed by atoms with Crippen molar-refractivity contribution in [1.29, 1.82) is 0 Å². The highest BCUT2D eigenvalue weighted by atomic mass is 16.5. The Morgan fingerprint density at radius 2 is 1.77 bits per heavy atom. The summed E-state index contributed by atoms with van der Waals surface area (Å²) in [6, 6.07) is 10.6. The van der Waals surface area contributed by atoms with Crippen LogP contribution in [0.1, 0.15) is 30.9 Å². The van der Waals surface area contributed by atoms with Crippen LogP contribution in [0.25, 0.3) is 10.9 Å². The number of hydrogen-bond donors (Lipinski definition) is 0. The topological polar surface area (TPSA) is 47.5 Å². The number of aromatic nitrogens is 2. The number of anilines is 2. The van der Waals surface area contributed by atoms with Gasteiger partial charge in [0.15, 0.2) is 11.5 Å². The average Bonchev–Trinajstić information content (AvgIpc) is 3.09. The van der Waals surface area contributed by atoms with E-state index in [-0.39, 0.29) is 0 Å². The summed E-state index contributed by atoms with van der Waals surface area (Å²) in [6.45, 7) is 5.35. The summed E-state index contributed by atoms with van der Waals surface area (Å²) in [5.74, 6) is 2.77. The molecular weight excluding hydrogens is 326 g/mol. The van der Waals surface area contributed by atoms with Crippen molar-refractivity contribution in [3.8, 4) is 11.5 Å². The quantitative estimate of drug-likeness (QED) is 0.696. The third-order valence-corrected chi connectivity index (χ3v) is 5.05. The van der Waals surface area contributed by atoms with E-state index in [1.807, 2.05) is 12.1 Å². The molecule has 0 unspecified atom stereocenters. The molecule has 134 valence electrons. The molecule has 0 fully saturated rings. The maximum atomic E-state index is 5.48. The molecule has 0 aliphatic carbocycles. The molecule has 5 heteroatoms. The molecule has 3 aromatic rings. The first-order valence-electron chi connectivity index (χ1n) is 8.89. The molecular formula is C21H23N3O2. The molecule has 0 saturated heterocycles. The molecule has 0 amide bonds. The van der Waals surface area contributed by atoms with Crippen molar-refractivity contribution in [3.63, 3.8) is 0 Å². The zero-order valence-electron chi connectivity index (χ0n) is 15.6. The van der Waals surface area contributed by atoms with Gasteiger partial charge >= 0.3 is 0 Å². The Morgan fingerprint density at radius 3 is 2.50 bits per heavy atom. The fourth-order valence-electron chi connectivity index (χ4n) is 3.56. The SMILES string of the molecule is COc1cc2ncnc(N3CCc4ccc(C(C)C)cc43)c2cc1OC. The maximum absolute atomic E-state index is 5.48. The summed E-state index contributed by atoms with van der Waals surface area (Å²) in [5, 5.41) is 0.966. The molecule has 0 spiro atoms. The summed E-state index contributed by atoms with van der Waals surface area (Å²) >= 11 is 0. The van der Waals surface area contributed by atoms with E-state index >= 15 is 0 Å². The molecule has 26 heavy (non-hydrogen) atoms. The first-order chi connectivity index (χ1) is 12.6. The predicted molar refractivity (Wildman–Crippen MR) is 104 cm³/mol. The molecule has 0 radical (unpaired) electrons. The number of nitrogens with zero attached hydrogens (tertiary/aromatic N) is 3. The summed E-state index contributed by atoms with van der Waals surface area (Å²) in [5.41, 5.74) is 4.79. The van der Waals surface area contributed by atoms with Gasteiger partial charge in [0.25, 0.3) is 0 Å². The molecule has 0 N–H and O–H groups in total. The smallest absolute Gasteiger partial charge is 0.162 e. The molecule has 1 aliphatic rings. The van der Waals surface area contributed by atoms with Gasteiger partial charge in [0.2, 0.25) is 0 Å². The highest BCUT2D eigenvalue weighted by Gasteiger charge is 2.24. The average molecular weight is 349 g/mol. The van der Waals surface area contributed by atoms with Crippen molar-refractivity contribution >= 4 is 22.4 Å². The van der Waals surface area contributed by atoms with Crippen LogP contribution in [-0.2, 0) is 6.42 Å². The lowest BCUT2D eigenvalue weighted by Gasteiger charge is -2.21. The lowest BCUT2D eigenvalue weighted by molar-refractivity contribution is 0.356. The Labute approximate surface area is 153 Å². The standard InChI is InChI=1S/C21H23N3O2/c1-13(2)15-6-5-14-7-8-24(18(14)9-15)21-16-10-19(25-3)20(26-4)11-17(16)22-12-23-21/h5-6,9-13H,7-8H2,1-4H3. The third kappa shape index (κ3) is 2.64. The molecule has 0 bridgehead atoms. The second-order valence-electron chi connectivity index (χ2n) is 6.87. The molecule has 2 heterocycles. The fourth-order valence-corrected chi connectivity index (χ4v) is 3.56. The first kappa shape index (κ1) is 16.6. The van der Waals surface area contributed by atoms with Crippen molar-refractivity contribution in [3.05, 3.63) is 47.8 Å². The minimum absolute atomic E-state index is 0.495. The molecule has 5 nitrogen and oxygen atoms in total. The van der Waals surface area contributed by atoms with Crippen LogP contribution in [0.15, 0.2) is 36.7 Å². The van der Waals surface area contributed by atoms with E-state index < -0.39 is 0 Å². The summed E-state index contributed by atoms with van der Waals surface area (Å²) in [6.07, 6.45) is 2.64. The minimum Gasteiger partial charge on any atom is -0.493 e. The van der Waals surface area contributed by atoms with E-state index in [1.54, 1.807) is 20.5 Å². The van der Waals surface area contributed by atoms with E-state index in [4.69, 9.17) is 9.47 Å². The summed E-state index contributed by atoms with van der Waals surface area (Å²) in [7, 11) is 3.28. The zero-order chi connectivity index (χ0) is 18.3. The summed E-state index contributed by atoms with van der Waals surface area (Å²) < 4.78 is 10.9. The van der Waals surface area contributed by atoms with Crippen LogP contribution < -0.4 is 14.4 Å². The van der Waals surface area contributed by atoms with E-state index in [9.17, 15) is 0 Å². The second-order valence-corrected chi connectivity index (χ2v) is 6.87. The van der Waals surface area contributed by atoms with Gasteiger partial charge in [-0.15, -0.1) is 0 Å². The number of ether oxygens (including phenoxy) is 2. The van der Waals surface area contributed by atoms with Crippen molar-refractivity contribution < 1.29 is 9.47 Å². The molecule has 1 aromatic heterocycles. The second kappa shape index (κ2) is 6.48. The van der Waals surface area contributed by atoms with Gasteiger partial charge in [0.05, 0.1) is 19.7 Å². The van der Waals surface area contributed by atoms with Crippen molar-refractivity contribution in [2.24, 2.45) is 0 Å². The number of methoxy groups -OCH3 is 2. The van der Waals surface area contributed by atoms with E-state index in [2.05, 4.69) is 46.9 Å². The third-order valence-electron chi connectivity index (χ3n) is 5.05. The van der Waals surface area contributed by atoms with Gasteiger partial charge in [-0.3, -0.25) is 0 Å². The Balaban J connectivity index is 1.88. The van der Waals surface area contributed by atoms with E-state index in [1.165, 1.54) is 16.8 Å². The highest BCUT2D eigenvalue weighted by molar-refractivity contribution is 5.94. The van der Waals surface area contributed by atoms with Crippen molar-refractivity contribution in [2.75, 3.05) is 25.7 Å². The van der Waals surface area contributed by atoms with Crippen LogP contribution in [0.2, 0.25) is 0 Å². The lowest BCUT2D eigenvalue weighted by Crippen LogP contribution is -2.15. The van der Waals surface area contributed by atoms with Crippen LogP contribution in [0.3, 0.4) is 0 Å². The lowest BCUT2D eigenvalue weighted by atomic mass is 10.0. The van der Waals surface area contributed by atoms with Crippen LogP contribution in [0, 0.1) is 0 Å². The number of hydrogen-bond acceptors (Lipinski definition) is 5. The van der Waals surface area contributed by atoms with Gasteiger partial charge in [-0.1, -0.05) is 26.0 Å². The molecule has 2 aromatic carbocycles. The van der Waals surface area contributed by atoms with E-state index in [0.29, 0.717) is 17.4 Å². The Kier molecular flexibility index (Phi) is 4.15. The zero-order valence-corrected chi connectivity index (χ0v) is 15.6. The largest absolute Gasteiger partial charge is 0.493 e. The number of fused-ring (bicyclic) bond motifs is 2. The van der Waals surface area contributed by atoms with E-state index in [0.717, 1.165) is 29.7 Å². The van der Waals surface area contributed by atoms with Gasteiger partial charge < -0.3 is 14.4 Å². The normalized spacial score (nSPS) is 13.3. The monoisotopic (exact) mass is 349 g/mol. The fraction of sp³-hybridized carbons (Fsp3) is 0.333. The number of rotatable bonds is 4. The van der Waals surface area contributed by atoms with Crippen LogP contribution in [-0.4, -0.2) is 30.7 Å². The van der Waals surface area contributed by atoms with Gasteiger partial charge in [0.1, 0.15) is 12.1 Å². The molecule has 0 saturated carbocycles. The maximum Gasteiger partial charge on any atom is 0.162 e. The van der Waals surface area contributed by atoms with Crippen LogP contribution in [0.5, 0.6) is 11.5 Å². The highest BCUT2D eigenvalue weighted by Crippen LogP contribution is 2.40. The summed E-state index contributed by atoms with van der Waals surface area (Å²) in [4.78, 5) is 11.3. The number of benzene rings is 2. The van der Waals surface area contributed by atoms with Crippen molar-refractivity contribution in [2.45, 2.75) is 26.2 Å². The molecule has 0 atom stereocenters. The first-order valence-corrected chi connectivity index (χ1v) is 8.89. The Hall–Kier alpha value is -2.82. The van der Waals surface area contributed by atoms with Gasteiger partial charge in [-0.05, 0) is 35.6 Å². The van der Waals surface area contributed by atoms with Gasteiger partial charge in [-0.25, -0.2) is 9.97 Å². The van der Waals surface area contributed by atoms with Gasteiger partial charge in [-0.2, -0.15) is 0 Å². The Bertz CT molecular complexity index is 969. The molecule has 1 aliphatic heterocycles. The van der Waals surface area contributed by atoms with Gasteiger partial charge in [0, 0.05) is 23.7 Å². The van der Waals surface area contributed by atoms with Crippen LogP contribution in [0.4, 0.5) is 11.5 Å². The van der Waals surface area contributed by atoms with Crippen LogP contribution >= 0.6 is 0 Å². The van der Waals surface area contributed by atoms with Crippen molar-refractivity contribution in [1.82, 2.24) is 9.97 Å². The Morgan fingerprint density at radius 1 is 1.00 bits per heavy atom. The predicted octanol–water partition coefficient (Wildman–Crippen LogP) is 4.46. The minimum atomic E-state index is 0.495.